The fraction of sp³-hybridized carbons (Fsp3) is 0.412. The maximum absolute atomic E-state index is 14.4. The van der Waals surface area contributed by atoms with Crippen LogP contribution in [0.1, 0.15) is 54.3 Å². The lowest BCUT2D eigenvalue weighted by Crippen LogP contribution is -2.44. The van der Waals surface area contributed by atoms with Crippen LogP contribution in [0.4, 0.5) is 26.4 Å². The van der Waals surface area contributed by atoms with Gasteiger partial charge in [-0.25, -0.2) is 14.2 Å². The first kappa shape index (κ1) is 33.9. The van der Waals surface area contributed by atoms with Gasteiger partial charge in [0, 0.05) is 70.1 Å². The fourth-order valence-corrected chi connectivity index (χ4v) is 5.47. The van der Waals surface area contributed by atoms with Crippen LogP contribution in [0.15, 0.2) is 54.7 Å². The third kappa shape index (κ3) is 9.11. The normalized spacial score (nSPS) is 16.0. The summed E-state index contributed by atoms with van der Waals surface area (Å²) in [6.45, 7) is 9.83. The van der Waals surface area contributed by atoms with Crippen LogP contribution in [0.25, 0.3) is 0 Å². The highest BCUT2D eigenvalue weighted by Gasteiger charge is 2.29. The lowest BCUT2D eigenvalue weighted by atomic mass is 10.1. The van der Waals surface area contributed by atoms with Crippen LogP contribution >= 0.6 is 11.6 Å². The van der Waals surface area contributed by atoms with E-state index in [1.807, 2.05) is 32.9 Å². The van der Waals surface area contributed by atoms with E-state index in [1.54, 1.807) is 17.0 Å². The van der Waals surface area contributed by atoms with E-state index in [-0.39, 0.29) is 34.8 Å². The van der Waals surface area contributed by atoms with E-state index in [0.717, 1.165) is 44.0 Å². The van der Waals surface area contributed by atoms with Gasteiger partial charge >= 0.3 is 6.09 Å². The Morgan fingerprint density at radius 3 is 2.23 bits per heavy atom. The molecule has 2 N–H and O–H groups in total. The van der Waals surface area contributed by atoms with Crippen LogP contribution < -0.4 is 20.3 Å². The minimum atomic E-state index is -0.625. The van der Waals surface area contributed by atoms with Gasteiger partial charge in [0.15, 0.2) is 0 Å². The smallest absolute Gasteiger partial charge is 0.410 e. The summed E-state index contributed by atoms with van der Waals surface area (Å²) in [6.07, 6.45) is 1.86. The van der Waals surface area contributed by atoms with Crippen molar-refractivity contribution in [3.63, 3.8) is 0 Å². The number of aromatic nitrogens is 1. The van der Waals surface area contributed by atoms with Crippen LogP contribution in [0.3, 0.4) is 0 Å². The molecular weight excluding hydrogens is 627 g/mol. The van der Waals surface area contributed by atoms with E-state index in [4.69, 9.17) is 21.1 Å². The Bertz CT molecular complexity index is 1600. The van der Waals surface area contributed by atoms with Gasteiger partial charge in [-0.1, -0.05) is 11.6 Å². The molecule has 0 radical (unpaired) electrons. The quantitative estimate of drug-likeness (QED) is 0.320. The number of halogens is 2. The maximum Gasteiger partial charge on any atom is 0.410 e. The van der Waals surface area contributed by atoms with Gasteiger partial charge in [-0.05, 0) is 70.3 Å². The Morgan fingerprint density at radius 2 is 1.57 bits per heavy atom. The van der Waals surface area contributed by atoms with Crippen LogP contribution in [-0.2, 0) is 4.74 Å². The highest BCUT2D eigenvalue weighted by Crippen LogP contribution is 2.31. The Hall–Kier alpha value is -4.42. The molecule has 3 amide bonds. The van der Waals surface area contributed by atoms with Crippen molar-refractivity contribution in [2.75, 3.05) is 61.8 Å². The summed E-state index contributed by atoms with van der Waals surface area (Å²) >= 11 is 5.90. The number of carbonyl (C=O) groups is 3. The zero-order valence-corrected chi connectivity index (χ0v) is 27.8. The van der Waals surface area contributed by atoms with Crippen LogP contribution in [-0.4, -0.2) is 90.7 Å². The summed E-state index contributed by atoms with van der Waals surface area (Å²) in [6, 6.07) is 12.0. The number of likely N-dealkylation sites (N-methyl/N-ethyl adjacent to an activating group) is 1. The molecule has 2 aliphatic rings. The first-order valence-corrected chi connectivity index (χ1v) is 16.0. The van der Waals surface area contributed by atoms with Gasteiger partial charge in [-0.15, -0.1) is 0 Å². The summed E-state index contributed by atoms with van der Waals surface area (Å²) in [7, 11) is 2.08. The Balaban J connectivity index is 1.36. The van der Waals surface area contributed by atoms with Gasteiger partial charge in [-0.2, -0.15) is 0 Å². The van der Waals surface area contributed by atoms with Crippen molar-refractivity contribution in [2.45, 2.75) is 45.3 Å². The predicted octanol–water partition coefficient (Wildman–Crippen LogP) is 5.91. The molecule has 13 heteroatoms. The molecule has 2 saturated heterocycles. The topological polar surface area (TPSA) is 116 Å². The highest BCUT2D eigenvalue weighted by atomic mass is 35.5. The van der Waals surface area contributed by atoms with Crippen molar-refractivity contribution in [3.8, 4) is 5.75 Å². The zero-order chi connectivity index (χ0) is 33.7. The number of rotatable bonds is 7. The number of nitrogens with one attached hydrogen (secondary N) is 2. The number of likely N-dealkylation sites (tertiary alicyclic amines) is 1. The molecule has 3 aromatic rings. The van der Waals surface area contributed by atoms with E-state index < -0.39 is 23.2 Å². The summed E-state index contributed by atoms with van der Waals surface area (Å²) in [5.74, 6) is -1.18. The number of amides is 3. The standard InChI is InChI=1S/C34H40ClFN6O5/c1-34(2,3)47-33(45)42-13-11-25(12-14-42)46-29-20-24(41-17-15-40(4)16-18-41)7-9-27(29)32(44)38-28-19-23(36)6-8-26(28)31(43)39-30-10-5-22(35)21-37-30/h5-10,19-21,25H,11-18H2,1-4H3,(H,38,44)(H,37,39,43). The molecule has 0 saturated carbocycles. The second-order valence-corrected chi connectivity index (χ2v) is 13.2. The van der Waals surface area contributed by atoms with Gasteiger partial charge in [0.05, 0.1) is 21.8 Å². The average Bonchev–Trinajstić information content (AvgIpc) is 3.02. The first-order valence-electron chi connectivity index (χ1n) is 15.6. The fourth-order valence-electron chi connectivity index (χ4n) is 5.36. The minimum Gasteiger partial charge on any atom is -0.489 e. The van der Waals surface area contributed by atoms with Crippen molar-refractivity contribution in [1.82, 2.24) is 14.8 Å². The van der Waals surface area contributed by atoms with Crippen LogP contribution in [0, 0.1) is 5.82 Å². The molecule has 0 atom stereocenters. The van der Waals surface area contributed by atoms with Gasteiger partial charge in [0.1, 0.15) is 29.1 Å². The minimum absolute atomic E-state index is 0.0128. The molecule has 47 heavy (non-hydrogen) atoms. The van der Waals surface area contributed by atoms with Crippen molar-refractivity contribution >= 4 is 46.7 Å². The van der Waals surface area contributed by atoms with E-state index >= 15 is 0 Å². The number of carbonyl (C=O) groups excluding carboxylic acids is 3. The van der Waals surface area contributed by atoms with Crippen molar-refractivity contribution in [3.05, 3.63) is 76.7 Å². The molecule has 0 spiro atoms. The summed E-state index contributed by atoms with van der Waals surface area (Å²) in [4.78, 5) is 49.8. The second-order valence-electron chi connectivity index (χ2n) is 12.7. The van der Waals surface area contributed by atoms with E-state index in [1.165, 1.54) is 18.3 Å². The molecule has 2 aliphatic heterocycles. The molecule has 5 rings (SSSR count). The summed E-state index contributed by atoms with van der Waals surface area (Å²) in [5, 5.41) is 5.77. The first-order chi connectivity index (χ1) is 22.3. The highest BCUT2D eigenvalue weighted by molar-refractivity contribution is 6.30. The second kappa shape index (κ2) is 14.6. The molecule has 2 fully saturated rings. The number of benzene rings is 2. The molecule has 3 heterocycles. The Kier molecular flexibility index (Phi) is 10.5. The van der Waals surface area contributed by atoms with Crippen molar-refractivity contribution in [1.29, 1.82) is 0 Å². The number of nitrogens with zero attached hydrogens (tertiary/aromatic N) is 4. The predicted molar refractivity (Wildman–Crippen MR) is 179 cm³/mol. The lowest BCUT2D eigenvalue weighted by Gasteiger charge is -2.35. The van der Waals surface area contributed by atoms with E-state index in [0.29, 0.717) is 36.7 Å². The maximum atomic E-state index is 14.4. The summed E-state index contributed by atoms with van der Waals surface area (Å²) in [5.41, 5.74) is 0.582. The molecule has 2 aromatic carbocycles. The van der Waals surface area contributed by atoms with Crippen LogP contribution in [0.5, 0.6) is 5.75 Å². The molecule has 0 bridgehead atoms. The number of piperazine rings is 1. The van der Waals surface area contributed by atoms with Gasteiger partial charge < -0.3 is 34.8 Å². The van der Waals surface area contributed by atoms with Gasteiger partial charge in [-0.3, -0.25) is 9.59 Å². The average molecular weight is 667 g/mol. The third-order valence-electron chi connectivity index (χ3n) is 7.91. The van der Waals surface area contributed by atoms with Gasteiger partial charge in [0.25, 0.3) is 11.8 Å². The van der Waals surface area contributed by atoms with Crippen molar-refractivity contribution < 1.29 is 28.2 Å². The molecule has 11 nitrogen and oxygen atoms in total. The SMILES string of the molecule is CN1CCN(c2ccc(C(=O)Nc3cc(F)ccc3C(=O)Nc3ccc(Cl)cn3)c(OC3CCN(C(=O)OC(C)(C)C)CC3)c2)CC1. The van der Waals surface area contributed by atoms with Crippen molar-refractivity contribution in [2.24, 2.45) is 0 Å². The molecule has 250 valence electrons. The zero-order valence-electron chi connectivity index (χ0n) is 27.0. The third-order valence-corrected chi connectivity index (χ3v) is 8.13. The number of piperidine rings is 1. The number of ether oxygens (including phenoxy) is 2. The van der Waals surface area contributed by atoms with Crippen LogP contribution in [0.2, 0.25) is 5.02 Å². The molecule has 0 unspecified atom stereocenters. The molecule has 0 aliphatic carbocycles. The number of anilines is 3. The lowest BCUT2D eigenvalue weighted by molar-refractivity contribution is 0.0126. The number of hydrogen-bond acceptors (Lipinski definition) is 8. The Labute approximate surface area is 279 Å². The molecule has 1 aromatic heterocycles. The monoisotopic (exact) mass is 666 g/mol. The van der Waals surface area contributed by atoms with Gasteiger partial charge in [0.2, 0.25) is 0 Å². The Morgan fingerprint density at radius 1 is 0.894 bits per heavy atom. The number of hydrogen-bond donors (Lipinski definition) is 2. The largest absolute Gasteiger partial charge is 0.489 e. The molecular formula is C34H40ClFN6O5. The summed E-state index contributed by atoms with van der Waals surface area (Å²) < 4.78 is 26.4. The van der Waals surface area contributed by atoms with E-state index in [2.05, 4.69) is 32.5 Å². The number of pyridine rings is 1. The van der Waals surface area contributed by atoms with E-state index in [9.17, 15) is 18.8 Å².